The van der Waals surface area contributed by atoms with E-state index >= 15 is 0 Å². The zero-order chi connectivity index (χ0) is 20.9. The molecule has 7 heteroatoms. The molecule has 0 aromatic rings. The number of unbranched alkanes of at least 4 members (excludes halogenated alkanes) is 12. The van der Waals surface area contributed by atoms with Crippen LogP contribution in [-0.2, 0) is 13.8 Å². The van der Waals surface area contributed by atoms with Gasteiger partial charge in [-0.05, 0) is 32.1 Å². The van der Waals surface area contributed by atoms with Crippen molar-refractivity contribution in [2.75, 3.05) is 19.8 Å². The van der Waals surface area contributed by atoms with Crippen LogP contribution in [-0.4, -0.2) is 31.0 Å². The molecular formula is C21H41O6P-2. The Morgan fingerprint density at radius 2 is 1.32 bits per heavy atom. The molecule has 0 rings (SSSR count). The average Bonchev–Trinajstić information content (AvgIpc) is 2.65. The summed E-state index contributed by atoms with van der Waals surface area (Å²) in [5.74, 6) is 0. The summed E-state index contributed by atoms with van der Waals surface area (Å²) in [6.45, 7) is 2.20. The maximum atomic E-state index is 10.3. The fraction of sp³-hybridized carbons (Fsp3) is 0.905. The molecule has 0 saturated heterocycles. The number of hydrogen-bond acceptors (Lipinski definition) is 6. The Morgan fingerprint density at radius 1 is 0.821 bits per heavy atom. The number of rotatable bonds is 21. The highest BCUT2D eigenvalue weighted by Gasteiger charge is 2.05. The van der Waals surface area contributed by atoms with E-state index in [0.29, 0.717) is 6.61 Å². The zero-order valence-electron chi connectivity index (χ0n) is 17.7. The fourth-order valence-corrected chi connectivity index (χ4v) is 3.25. The van der Waals surface area contributed by atoms with Crippen LogP contribution in [0.3, 0.4) is 0 Å². The van der Waals surface area contributed by atoms with E-state index in [2.05, 4.69) is 23.6 Å². The molecule has 0 aliphatic heterocycles. The molecule has 0 spiro atoms. The van der Waals surface area contributed by atoms with Crippen molar-refractivity contribution in [3.05, 3.63) is 12.2 Å². The molecule has 0 amide bonds. The third-order valence-electron chi connectivity index (χ3n) is 4.54. The van der Waals surface area contributed by atoms with Gasteiger partial charge >= 0.3 is 0 Å². The molecule has 0 saturated carbocycles. The number of phosphoric ester groups is 1. The minimum Gasteiger partial charge on any atom is -0.790 e. The Kier molecular flexibility index (Phi) is 19.9. The van der Waals surface area contributed by atoms with Gasteiger partial charge in [-0.3, -0.25) is 0 Å². The zero-order valence-corrected chi connectivity index (χ0v) is 18.6. The van der Waals surface area contributed by atoms with E-state index in [1.807, 2.05) is 0 Å². The number of aliphatic hydroxyl groups is 1. The van der Waals surface area contributed by atoms with Gasteiger partial charge in [-0.2, -0.15) is 0 Å². The van der Waals surface area contributed by atoms with Crippen molar-refractivity contribution in [1.29, 1.82) is 0 Å². The quantitative estimate of drug-likeness (QED) is 0.169. The van der Waals surface area contributed by atoms with Crippen molar-refractivity contribution in [2.45, 2.75) is 103 Å². The first-order valence-corrected chi connectivity index (χ1v) is 12.5. The summed E-state index contributed by atoms with van der Waals surface area (Å²) in [6, 6.07) is 0. The molecule has 1 atom stereocenters. The van der Waals surface area contributed by atoms with Gasteiger partial charge in [0.2, 0.25) is 0 Å². The minimum atomic E-state index is -5.02. The highest BCUT2D eigenvalue weighted by atomic mass is 31.2. The SMILES string of the molecule is CCCCCCCC/C=C\CCCCCCCCOC[C@@H](O)COP(=O)([O-])[O-]. The summed E-state index contributed by atoms with van der Waals surface area (Å²) in [6.07, 6.45) is 21.0. The predicted octanol–water partition coefficient (Wildman–Crippen LogP) is 4.25. The summed E-state index contributed by atoms with van der Waals surface area (Å²) in [4.78, 5) is 20.5. The van der Waals surface area contributed by atoms with Crippen molar-refractivity contribution in [3.8, 4) is 0 Å². The topological polar surface area (TPSA) is 102 Å². The van der Waals surface area contributed by atoms with Crippen molar-refractivity contribution in [2.24, 2.45) is 0 Å². The van der Waals surface area contributed by atoms with Crippen LogP contribution >= 0.6 is 7.82 Å². The van der Waals surface area contributed by atoms with Gasteiger partial charge in [-0.15, -0.1) is 0 Å². The monoisotopic (exact) mass is 420 g/mol. The fourth-order valence-electron chi connectivity index (χ4n) is 2.90. The lowest BCUT2D eigenvalue weighted by Crippen LogP contribution is -2.25. The Bertz CT molecular complexity index is 396. The van der Waals surface area contributed by atoms with Crippen LogP contribution in [0.15, 0.2) is 12.2 Å². The molecular weight excluding hydrogens is 379 g/mol. The van der Waals surface area contributed by atoms with Crippen LogP contribution < -0.4 is 9.79 Å². The van der Waals surface area contributed by atoms with Gasteiger partial charge in [-0.1, -0.05) is 76.9 Å². The maximum Gasteiger partial charge on any atom is 0.101 e. The first kappa shape index (κ1) is 27.8. The van der Waals surface area contributed by atoms with Gasteiger partial charge in [0, 0.05) is 6.61 Å². The number of aliphatic hydroxyl groups excluding tert-OH is 1. The predicted molar refractivity (Wildman–Crippen MR) is 110 cm³/mol. The number of hydrogen-bond donors (Lipinski definition) is 1. The molecule has 168 valence electrons. The number of allylic oxidation sites excluding steroid dienone is 2. The third kappa shape index (κ3) is 23.8. The second kappa shape index (κ2) is 20.1. The standard InChI is InChI=1S/C21H43O6P/c1-2-3-4-5-6-7-8-9-10-11-12-13-14-15-16-17-18-26-19-21(22)20-27-28(23,24)25/h9-10,21-22H,2-8,11-20H2,1H3,(H2,23,24,25)/p-2/b10-9-/t21-/m1/s1. The lowest BCUT2D eigenvalue weighted by atomic mass is 10.1. The van der Waals surface area contributed by atoms with E-state index in [1.165, 1.54) is 77.0 Å². The molecule has 0 aromatic heterocycles. The van der Waals surface area contributed by atoms with Gasteiger partial charge < -0.3 is 28.7 Å². The summed E-state index contributed by atoms with van der Waals surface area (Å²) in [5.41, 5.74) is 0. The minimum absolute atomic E-state index is 0.0227. The van der Waals surface area contributed by atoms with Crippen LogP contribution in [0.1, 0.15) is 96.8 Å². The Balaban J connectivity index is 3.21. The molecule has 6 nitrogen and oxygen atoms in total. The van der Waals surface area contributed by atoms with E-state index in [0.717, 1.165) is 12.8 Å². The first-order valence-electron chi connectivity index (χ1n) is 11.0. The molecule has 28 heavy (non-hydrogen) atoms. The summed E-state index contributed by atoms with van der Waals surface area (Å²) >= 11 is 0. The first-order chi connectivity index (χ1) is 13.5. The smallest absolute Gasteiger partial charge is 0.101 e. The molecule has 0 aliphatic carbocycles. The highest BCUT2D eigenvalue weighted by molar-refractivity contribution is 7.43. The second-order valence-electron chi connectivity index (χ2n) is 7.41. The van der Waals surface area contributed by atoms with Crippen LogP contribution in [0, 0.1) is 0 Å². The molecule has 0 bridgehead atoms. The van der Waals surface area contributed by atoms with E-state index < -0.39 is 20.5 Å². The van der Waals surface area contributed by atoms with Gasteiger partial charge in [0.25, 0.3) is 0 Å². The Labute approximate surface area is 172 Å². The van der Waals surface area contributed by atoms with Crippen molar-refractivity contribution >= 4 is 7.82 Å². The van der Waals surface area contributed by atoms with E-state index in [9.17, 15) is 19.5 Å². The Morgan fingerprint density at radius 3 is 1.86 bits per heavy atom. The molecule has 0 unspecified atom stereocenters. The van der Waals surface area contributed by atoms with Gasteiger partial charge in [0.05, 0.1) is 21.0 Å². The normalized spacial score (nSPS) is 13.4. The largest absolute Gasteiger partial charge is 0.790 e. The van der Waals surface area contributed by atoms with Crippen molar-refractivity contribution in [3.63, 3.8) is 0 Å². The van der Waals surface area contributed by atoms with Crippen molar-refractivity contribution in [1.82, 2.24) is 0 Å². The van der Waals surface area contributed by atoms with Crippen LogP contribution in [0.5, 0.6) is 0 Å². The lowest BCUT2D eigenvalue weighted by Gasteiger charge is -2.29. The molecule has 0 heterocycles. The maximum absolute atomic E-state index is 10.3. The molecule has 0 radical (unpaired) electrons. The van der Waals surface area contributed by atoms with E-state index in [1.54, 1.807) is 0 Å². The van der Waals surface area contributed by atoms with Crippen molar-refractivity contribution < 1.29 is 28.7 Å². The molecule has 1 N–H and O–H groups in total. The second-order valence-corrected chi connectivity index (χ2v) is 8.56. The molecule has 0 aromatic carbocycles. The third-order valence-corrected chi connectivity index (χ3v) is 5.00. The van der Waals surface area contributed by atoms with Crippen LogP contribution in [0.4, 0.5) is 0 Å². The number of ether oxygens (including phenoxy) is 1. The number of phosphoric acid groups is 1. The molecule has 0 aliphatic rings. The highest BCUT2D eigenvalue weighted by Crippen LogP contribution is 2.24. The molecule has 0 fully saturated rings. The van der Waals surface area contributed by atoms with Crippen LogP contribution in [0.25, 0.3) is 0 Å². The summed E-state index contributed by atoms with van der Waals surface area (Å²) in [7, 11) is -5.02. The summed E-state index contributed by atoms with van der Waals surface area (Å²) in [5, 5.41) is 9.39. The lowest BCUT2D eigenvalue weighted by molar-refractivity contribution is -0.342. The van der Waals surface area contributed by atoms with Gasteiger partial charge in [-0.25, -0.2) is 0 Å². The summed E-state index contributed by atoms with van der Waals surface area (Å²) < 4.78 is 19.5. The van der Waals surface area contributed by atoms with Gasteiger partial charge in [0.15, 0.2) is 0 Å². The average molecular weight is 421 g/mol. The van der Waals surface area contributed by atoms with E-state index in [-0.39, 0.29) is 6.61 Å². The van der Waals surface area contributed by atoms with E-state index in [4.69, 9.17) is 4.74 Å². The Hall–Kier alpha value is -0.230. The van der Waals surface area contributed by atoms with Gasteiger partial charge in [0.1, 0.15) is 6.10 Å². The van der Waals surface area contributed by atoms with Crippen LogP contribution in [0.2, 0.25) is 0 Å².